The van der Waals surface area contributed by atoms with Crippen LogP contribution in [0.3, 0.4) is 0 Å². The average molecular weight is 320 g/mol. The van der Waals surface area contributed by atoms with Crippen LogP contribution in [0.1, 0.15) is 30.5 Å². The van der Waals surface area contributed by atoms with Crippen LogP contribution in [0.2, 0.25) is 5.02 Å². The largest absolute Gasteiger partial charge is 0.310 e. The molecule has 0 radical (unpaired) electrons. The molecule has 2 rings (SSSR count). The van der Waals surface area contributed by atoms with Crippen LogP contribution < -0.4 is 5.32 Å². The molecule has 0 unspecified atom stereocenters. The van der Waals surface area contributed by atoms with E-state index < -0.39 is 0 Å². The van der Waals surface area contributed by atoms with E-state index in [1.54, 1.807) is 0 Å². The van der Waals surface area contributed by atoms with Gasteiger partial charge in [0.05, 0.1) is 0 Å². The van der Waals surface area contributed by atoms with Gasteiger partial charge >= 0.3 is 0 Å². The summed E-state index contributed by atoms with van der Waals surface area (Å²) in [6.07, 6.45) is 0. The second-order valence-corrected chi connectivity index (χ2v) is 7.18. The first-order chi connectivity index (χ1) is 9.95. The number of halogens is 1. The Morgan fingerprint density at radius 1 is 1.05 bits per heavy atom. The molecule has 0 spiro atoms. The van der Waals surface area contributed by atoms with Crippen molar-refractivity contribution in [1.82, 2.24) is 5.32 Å². The molecule has 0 amide bonds. The highest BCUT2D eigenvalue weighted by Gasteiger charge is 2.08. The third kappa shape index (κ3) is 4.77. The minimum atomic E-state index is 0.461. The molecule has 0 bridgehead atoms. The summed E-state index contributed by atoms with van der Waals surface area (Å²) in [5, 5.41) is 4.26. The van der Waals surface area contributed by atoms with Crippen LogP contribution in [0.4, 0.5) is 0 Å². The first-order valence-corrected chi connectivity index (χ1v) is 8.42. The quantitative estimate of drug-likeness (QED) is 0.769. The molecule has 2 aromatic carbocycles. The Labute approximate surface area is 137 Å². The van der Waals surface area contributed by atoms with Crippen LogP contribution in [0.15, 0.2) is 46.2 Å². The van der Waals surface area contributed by atoms with Gasteiger partial charge in [-0.1, -0.05) is 54.9 Å². The summed E-state index contributed by atoms with van der Waals surface area (Å²) in [6, 6.07) is 13.2. The van der Waals surface area contributed by atoms with Crippen molar-refractivity contribution in [3.63, 3.8) is 0 Å². The summed E-state index contributed by atoms with van der Waals surface area (Å²) in [5.41, 5.74) is 3.87. The van der Waals surface area contributed by atoms with Gasteiger partial charge in [-0.15, -0.1) is 0 Å². The number of nitrogens with one attached hydrogen (secondary N) is 1. The van der Waals surface area contributed by atoms with E-state index in [0.29, 0.717) is 6.04 Å². The molecule has 0 saturated carbocycles. The zero-order chi connectivity index (χ0) is 15.4. The maximum absolute atomic E-state index is 6.15. The van der Waals surface area contributed by atoms with Crippen molar-refractivity contribution in [3.8, 4) is 0 Å². The van der Waals surface area contributed by atoms with Gasteiger partial charge in [0.25, 0.3) is 0 Å². The van der Waals surface area contributed by atoms with Gasteiger partial charge in [0.15, 0.2) is 0 Å². The minimum Gasteiger partial charge on any atom is -0.310 e. The zero-order valence-corrected chi connectivity index (χ0v) is 14.6. The van der Waals surface area contributed by atoms with Crippen molar-refractivity contribution < 1.29 is 0 Å². The Balaban J connectivity index is 2.26. The van der Waals surface area contributed by atoms with Gasteiger partial charge in [-0.3, -0.25) is 0 Å². The van der Waals surface area contributed by atoms with E-state index in [2.05, 4.69) is 63.3 Å². The van der Waals surface area contributed by atoms with Gasteiger partial charge in [0, 0.05) is 27.4 Å². The second-order valence-electron chi connectivity index (χ2n) is 5.66. The van der Waals surface area contributed by atoms with Crippen LogP contribution in [-0.4, -0.2) is 6.04 Å². The first kappa shape index (κ1) is 16.4. The number of benzene rings is 2. The van der Waals surface area contributed by atoms with E-state index in [-0.39, 0.29) is 0 Å². The molecule has 0 heterocycles. The Kier molecular flexibility index (Phi) is 5.74. The van der Waals surface area contributed by atoms with Gasteiger partial charge in [-0.25, -0.2) is 0 Å². The predicted molar refractivity (Wildman–Crippen MR) is 93.5 cm³/mol. The monoisotopic (exact) mass is 319 g/mol. The van der Waals surface area contributed by atoms with E-state index in [1.807, 2.05) is 17.8 Å². The number of hydrogen-bond donors (Lipinski definition) is 1. The van der Waals surface area contributed by atoms with Gasteiger partial charge < -0.3 is 5.32 Å². The maximum Gasteiger partial charge on any atom is 0.0410 e. The molecular weight excluding hydrogens is 298 g/mol. The molecule has 0 saturated heterocycles. The minimum absolute atomic E-state index is 0.461. The normalized spacial score (nSPS) is 11.1. The Morgan fingerprint density at radius 2 is 1.76 bits per heavy atom. The summed E-state index contributed by atoms with van der Waals surface area (Å²) in [7, 11) is 0. The second kappa shape index (κ2) is 7.35. The molecule has 2 aromatic rings. The zero-order valence-electron chi connectivity index (χ0n) is 13.0. The maximum atomic E-state index is 6.15. The Bertz CT molecular complexity index is 623. The van der Waals surface area contributed by atoms with Crippen molar-refractivity contribution in [2.75, 3.05) is 0 Å². The third-order valence-electron chi connectivity index (χ3n) is 3.27. The topological polar surface area (TPSA) is 12.0 Å². The van der Waals surface area contributed by atoms with Crippen LogP contribution in [-0.2, 0) is 6.54 Å². The molecule has 1 nitrogen and oxygen atoms in total. The lowest BCUT2D eigenvalue weighted by Gasteiger charge is -2.14. The van der Waals surface area contributed by atoms with Crippen LogP contribution in [0.25, 0.3) is 0 Å². The summed E-state index contributed by atoms with van der Waals surface area (Å²) in [5.74, 6) is 0. The standard InChI is InChI=1S/C18H22ClNS/c1-12(2)20-11-15-10-16(19)6-8-18(15)21-17-7-5-13(3)9-14(17)4/h5-10,12,20H,11H2,1-4H3. The summed E-state index contributed by atoms with van der Waals surface area (Å²) < 4.78 is 0. The Hall–Kier alpha value is -0.960. The Morgan fingerprint density at radius 3 is 2.43 bits per heavy atom. The molecule has 21 heavy (non-hydrogen) atoms. The van der Waals surface area contributed by atoms with Gasteiger partial charge in [-0.2, -0.15) is 0 Å². The van der Waals surface area contributed by atoms with E-state index >= 15 is 0 Å². The average Bonchev–Trinajstić information content (AvgIpc) is 2.41. The highest BCUT2D eigenvalue weighted by molar-refractivity contribution is 7.99. The number of rotatable bonds is 5. The fourth-order valence-corrected chi connectivity index (χ4v) is 3.32. The van der Waals surface area contributed by atoms with E-state index in [4.69, 9.17) is 11.6 Å². The van der Waals surface area contributed by atoms with Crippen molar-refractivity contribution in [3.05, 3.63) is 58.1 Å². The van der Waals surface area contributed by atoms with Gasteiger partial charge in [0.2, 0.25) is 0 Å². The molecule has 3 heteroatoms. The van der Waals surface area contributed by atoms with E-state index in [0.717, 1.165) is 11.6 Å². The molecule has 0 aliphatic carbocycles. The smallest absolute Gasteiger partial charge is 0.0410 e. The first-order valence-electron chi connectivity index (χ1n) is 7.22. The molecule has 0 aromatic heterocycles. The molecule has 0 fully saturated rings. The van der Waals surface area contributed by atoms with Gasteiger partial charge in [0.1, 0.15) is 0 Å². The molecule has 0 atom stereocenters. The molecule has 112 valence electrons. The highest BCUT2D eigenvalue weighted by Crippen LogP contribution is 2.34. The summed E-state index contributed by atoms with van der Waals surface area (Å²) in [6.45, 7) is 9.44. The fourth-order valence-electron chi connectivity index (χ4n) is 2.13. The summed E-state index contributed by atoms with van der Waals surface area (Å²) >= 11 is 7.96. The molecule has 1 N–H and O–H groups in total. The molecule has 0 aliphatic rings. The van der Waals surface area contributed by atoms with Crippen molar-refractivity contribution >= 4 is 23.4 Å². The van der Waals surface area contributed by atoms with Gasteiger partial charge in [-0.05, 0) is 49.2 Å². The molecular formula is C18H22ClNS. The SMILES string of the molecule is Cc1ccc(Sc2ccc(Cl)cc2CNC(C)C)c(C)c1. The van der Waals surface area contributed by atoms with E-state index in [1.165, 1.54) is 26.5 Å². The summed E-state index contributed by atoms with van der Waals surface area (Å²) in [4.78, 5) is 2.56. The van der Waals surface area contributed by atoms with Crippen LogP contribution in [0.5, 0.6) is 0 Å². The lowest BCUT2D eigenvalue weighted by molar-refractivity contribution is 0.585. The van der Waals surface area contributed by atoms with Crippen molar-refractivity contribution in [2.45, 2.75) is 50.1 Å². The van der Waals surface area contributed by atoms with Crippen molar-refractivity contribution in [1.29, 1.82) is 0 Å². The predicted octanol–water partition coefficient (Wildman–Crippen LogP) is 5.61. The van der Waals surface area contributed by atoms with Crippen LogP contribution >= 0.6 is 23.4 Å². The lowest BCUT2D eigenvalue weighted by atomic mass is 10.2. The number of aryl methyl sites for hydroxylation is 2. The van der Waals surface area contributed by atoms with Crippen molar-refractivity contribution in [2.24, 2.45) is 0 Å². The third-order valence-corrected chi connectivity index (χ3v) is 4.80. The van der Waals surface area contributed by atoms with Crippen LogP contribution in [0, 0.1) is 13.8 Å². The highest BCUT2D eigenvalue weighted by atomic mass is 35.5. The lowest BCUT2D eigenvalue weighted by Crippen LogP contribution is -2.22. The number of hydrogen-bond acceptors (Lipinski definition) is 2. The fraction of sp³-hybridized carbons (Fsp3) is 0.333. The van der Waals surface area contributed by atoms with E-state index in [9.17, 15) is 0 Å². The molecule has 0 aliphatic heterocycles.